The maximum Gasteiger partial charge on any atom is 0.105 e. The molecule has 0 heterocycles. The Kier molecular flexibility index (Phi) is 11.3. The highest BCUT2D eigenvalue weighted by molar-refractivity contribution is 4.61. The number of aliphatic hydroxyl groups excluding tert-OH is 2. The Hall–Kier alpha value is -0.120. The molecular formula is C13H29NO2. The second-order valence-corrected chi connectivity index (χ2v) is 4.68. The molecule has 0 aromatic carbocycles. The highest BCUT2D eigenvalue weighted by Gasteiger charge is 2.06. The van der Waals surface area contributed by atoms with Crippen LogP contribution in [0.2, 0.25) is 0 Å². The topological polar surface area (TPSA) is 52.5 Å². The van der Waals surface area contributed by atoms with Crippen LogP contribution in [0.5, 0.6) is 0 Å². The Morgan fingerprint density at radius 2 is 1.56 bits per heavy atom. The van der Waals surface area contributed by atoms with Gasteiger partial charge in [-0.25, -0.2) is 0 Å². The lowest BCUT2D eigenvalue weighted by atomic mass is 10.1. The van der Waals surface area contributed by atoms with Crippen LogP contribution in [0.4, 0.5) is 0 Å². The molecule has 0 aliphatic rings. The van der Waals surface area contributed by atoms with Gasteiger partial charge < -0.3 is 10.2 Å². The lowest BCUT2D eigenvalue weighted by Gasteiger charge is -2.16. The molecule has 3 N–H and O–H groups in total. The van der Waals surface area contributed by atoms with Gasteiger partial charge in [0.2, 0.25) is 0 Å². The van der Waals surface area contributed by atoms with Crippen LogP contribution in [0, 0.1) is 0 Å². The Balaban J connectivity index is 3.18. The van der Waals surface area contributed by atoms with E-state index in [0.717, 1.165) is 12.8 Å². The highest BCUT2D eigenvalue weighted by Crippen LogP contribution is 2.09. The standard InChI is InChI=1S/C13H29NO2/c1-3-4-5-6-7-8-9-10-13(16)14-12(2)11-15/h12-16H,3-11H2,1-2H3. The van der Waals surface area contributed by atoms with E-state index in [1.807, 2.05) is 6.92 Å². The number of rotatable bonds is 11. The summed E-state index contributed by atoms with van der Waals surface area (Å²) in [6.07, 6.45) is 9.19. The van der Waals surface area contributed by atoms with Gasteiger partial charge in [-0.05, 0) is 19.8 Å². The maximum absolute atomic E-state index is 9.57. The van der Waals surface area contributed by atoms with Gasteiger partial charge in [0.05, 0.1) is 6.61 Å². The molecule has 0 spiro atoms. The number of unbranched alkanes of at least 4 members (excludes halogenated alkanes) is 6. The summed E-state index contributed by atoms with van der Waals surface area (Å²) in [5.41, 5.74) is 0. The summed E-state index contributed by atoms with van der Waals surface area (Å²) in [6, 6.07) is -0.0143. The van der Waals surface area contributed by atoms with E-state index in [9.17, 15) is 5.11 Å². The Morgan fingerprint density at radius 3 is 2.12 bits per heavy atom. The molecule has 3 heteroatoms. The molecule has 0 radical (unpaired) electrons. The van der Waals surface area contributed by atoms with Crippen molar-refractivity contribution in [3.05, 3.63) is 0 Å². The molecular weight excluding hydrogens is 202 g/mol. The van der Waals surface area contributed by atoms with E-state index in [1.165, 1.54) is 38.5 Å². The van der Waals surface area contributed by atoms with Crippen molar-refractivity contribution in [2.75, 3.05) is 6.61 Å². The Labute approximate surface area is 100 Å². The minimum Gasteiger partial charge on any atom is -0.395 e. The molecule has 3 nitrogen and oxygen atoms in total. The van der Waals surface area contributed by atoms with E-state index in [2.05, 4.69) is 12.2 Å². The van der Waals surface area contributed by atoms with E-state index in [0.29, 0.717) is 0 Å². The van der Waals surface area contributed by atoms with Gasteiger partial charge in [0.25, 0.3) is 0 Å². The van der Waals surface area contributed by atoms with Crippen molar-refractivity contribution < 1.29 is 10.2 Å². The average Bonchev–Trinajstić information content (AvgIpc) is 2.27. The molecule has 0 aliphatic carbocycles. The fraction of sp³-hybridized carbons (Fsp3) is 1.00. The molecule has 0 rings (SSSR count). The lowest BCUT2D eigenvalue weighted by molar-refractivity contribution is 0.0977. The van der Waals surface area contributed by atoms with Gasteiger partial charge in [0, 0.05) is 6.04 Å². The van der Waals surface area contributed by atoms with Crippen molar-refractivity contribution in [1.82, 2.24) is 5.32 Å². The fourth-order valence-corrected chi connectivity index (χ4v) is 1.76. The molecule has 0 bridgehead atoms. The fourth-order valence-electron chi connectivity index (χ4n) is 1.76. The van der Waals surface area contributed by atoms with Crippen molar-refractivity contribution in [2.24, 2.45) is 0 Å². The van der Waals surface area contributed by atoms with E-state index < -0.39 is 6.23 Å². The third-order valence-electron chi connectivity index (χ3n) is 2.83. The van der Waals surface area contributed by atoms with Crippen LogP contribution >= 0.6 is 0 Å². The van der Waals surface area contributed by atoms with Crippen LogP contribution < -0.4 is 5.32 Å². The molecule has 0 fully saturated rings. The summed E-state index contributed by atoms with van der Waals surface area (Å²) in [5, 5.41) is 21.3. The van der Waals surface area contributed by atoms with E-state index in [4.69, 9.17) is 5.11 Å². The minimum atomic E-state index is -0.460. The summed E-state index contributed by atoms with van der Waals surface area (Å²) in [6.45, 7) is 4.17. The number of hydrogen-bond acceptors (Lipinski definition) is 3. The largest absolute Gasteiger partial charge is 0.395 e. The maximum atomic E-state index is 9.57. The summed E-state index contributed by atoms with van der Waals surface area (Å²) in [5.74, 6) is 0. The third-order valence-corrected chi connectivity index (χ3v) is 2.83. The monoisotopic (exact) mass is 231 g/mol. The molecule has 0 aromatic rings. The Bertz CT molecular complexity index is 142. The van der Waals surface area contributed by atoms with Gasteiger partial charge in [0.15, 0.2) is 0 Å². The molecule has 0 aromatic heterocycles. The Morgan fingerprint density at radius 1 is 1.00 bits per heavy atom. The van der Waals surface area contributed by atoms with Gasteiger partial charge >= 0.3 is 0 Å². The first-order chi connectivity index (χ1) is 7.70. The second-order valence-electron chi connectivity index (χ2n) is 4.68. The summed E-state index contributed by atoms with van der Waals surface area (Å²) >= 11 is 0. The first-order valence-electron chi connectivity index (χ1n) is 6.75. The minimum absolute atomic E-state index is 0.0143. The zero-order valence-electron chi connectivity index (χ0n) is 10.9. The summed E-state index contributed by atoms with van der Waals surface area (Å²) < 4.78 is 0. The molecule has 0 saturated carbocycles. The van der Waals surface area contributed by atoms with Gasteiger partial charge in [0.1, 0.15) is 6.23 Å². The zero-order valence-corrected chi connectivity index (χ0v) is 10.9. The van der Waals surface area contributed by atoms with Crippen molar-refractivity contribution >= 4 is 0 Å². The van der Waals surface area contributed by atoms with E-state index >= 15 is 0 Å². The van der Waals surface area contributed by atoms with E-state index in [-0.39, 0.29) is 12.6 Å². The molecule has 98 valence electrons. The highest BCUT2D eigenvalue weighted by atomic mass is 16.3. The zero-order chi connectivity index (χ0) is 12.2. The normalized spacial score (nSPS) is 15.0. The predicted octanol–water partition coefficient (Wildman–Crippen LogP) is 2.42. The van der Waals surface area contributed by atoms with Gasteiger partial charge in [-0.1, -0.05) is 45.4 Å². The van der Waals surface area contributed by atoms with Crippen molar-refractivity contribution in [3.8, 4) is 0 Å². The smallest absolute Gasteiger partial charge is 0.105 e. The lowest BCUT2D eigenvalue weighted by Crippen LogP contribution is -2.38. The van der Waals surface area contributed by atoms with Crippen LogP contribution in [0.15, 0.2) is 0 Å². The van der Waals surface area contributed by atoms with Crippen LogP contribution in [-0.4, -0.2) is 29.1 Å². The summed E-state index contributed by atoms with van der Waals surface area (Å²) in [7, 11) is 0. The molecule has 16 heavy (non-hydrogen) atoms. The molecule has 2 atom stereocenters. The van der Waals surface area contributed by atoms with Crippen LogP contribution in [-0.2, 0) is 0 Å². The van der Waals surface area contributed by atoms with Crippen LogP contribution in [0.1, 0.15) is 65.2 Å². The predicted molar refractivity (Wildman–Crippen MR) is 68.3 cm³/mol. The summed E-state index contributed by atoms with van der Waals surface area (Å²) in [4.78, 5) is 0. The van der Waals surface area contributed by atoms with Crippen molar-refractivity contribution in [3.63, 3.8) is 0 Å². The van der Waals surface area contributed by atoms with Gasteiger partial charge in [-0.3, -0.25) is 5.32 Å². The van der Waals surface area contributed by atoms with E-state index in [1.54, 1.807) is 0 Å². The van der Waals surface area contributed by atoms with Crippen molar-refractivity contribution in [2.45, 2.75) is 77.5 Å². The van der Waals surface area contributed by atoms with Crippen LogP contribution in [0.3, 0.4) is 0 Å². The van der Waals surface area contributed by atoms with Crippen LogP contribution in [0.25, 0.3) is 0 Å². The number of hydrogen-bond donors (Lipinski definition) is 3. The van der Waals surface area contributed by atoms with Gasteiger partial charge in [-0.15, -0.1) is 0 Å². The third kappa shape index (κ3) is 10.4. The van der Waals surface area contributed by atoms with Gasteiger partial charge in [-0.2, -0.15) is 0 Å². The first-order valence-corrected chi connectivity index (χ1v) is 6.75. The number of nitrogens with one attached hydrogen (secondary N) is 1. The molecule has 0 amide bonds. The molecule has 0 aliphatic heterocycles. The van der Waals surface area contributed by atoms with Crippen molar-refractivity contribution in [1.29, 1.82) is 0 Å². The second kappa shape index (κ2) is 11.4. The number of aliphatic hydroxyl groups is 2. The average molecular weight is 231 g/mol. The first kappa shape index (κ1) is 15.9. The quantitative estimate of drug-likeness (QED) is 0.378. The molecule has 0 saturated heterocycles. The molecule has 2 unspecified atom stereocenters. The SMILES string of the molecule is CCCCCCCCCC(O)NC(C)CO.